The van der Waals surface area contributed by atoms with Crippen LogP contribution < -0.4 is 0 Å². The molecule has 0 aliphatic rings. The number of halogens is 1. The third kappa shape index (κ3) is 2.15. The summed E-state index contributed by atoms with van der Waals surface area (Å²) in [5.41, 5.74) is 4.15. The maximum atomic E-state index is 5.98. The van der Waals surface area contributed by atoms with Crippen molar-refractivity contribution in [1.82, 2.24) is 4.98 Å². The lowest BCUT2D eigenvalue weighted by Gasteiger charge is -1.93. The number of fused-ring (bicyclic) bond motifs is 6. The second-order valence-corrected chi connectivity index (χ2v) is 6.22. The zero-order chi connectivity index (χ0) is 16.0. The predicted molar refractivity (Wildman–Crippen MR) is 102 cm³/mol. The number of hydrogen-bond donors (Lipinski definition) is 1. The van der Waals surface area contributed by atoms with Crippen LogP contribution in [-0.4, -0.2) is 4.98 Å². The highest BCUT2D eigenvalue weighted by atomic mass is 79.9. The minimum Gasteiger partial charge on any atom is -0.456 e. The number of furan rings is 1. The van der Waals surface area contributed by atoms with Crippen molar-refractivity contribution in [3.05, 3.63) is 59.1 Å². The van der Waals surface area contributed by atoms with Crippen LogP contribution in [0.3, 0.4) is 0 Å². The Morgan fingerprint density at radius 1 is 0.739 bits per heavy atom. The summed E-state index contributed by atoms with van der Waals surface area (Å²) < 4.78 is 7.06. The van der Waals surface area contributed by atoms with Crippen LogP contribution in [-0.2, 0) is 0 Å². The molecule has 0 aliphatic heterocycles. The van der Waals surface area contributed by atoms with Gasteiger partial charge in [-0.2, -0.15) is 0 Å². The summed E-state index contributed by atoms with van der Waals surface area (Å²) in [6, 6.07) is 18.8. The summed E-state index contributed by atoms with van der Waals surface area (Å²) in [7, 11) is 0. The van der Waals surface area contributed by atoms with E-state index in [-0.39, 0.29) is 0 Å². The van der Waals surface area contributed by atoms with E-state index in [1.54, 1.807) is 0 Å². The van der Waals surface area contributed by atoms with E-state index < -0.39 is 0 Å². The molecule has 5 rings (SSSR count). The number of aromatic amines is 1. The van der Waals surface area contributed by atoms with Gasteiger partial charge in [0.1, 0.15) is 11.2 Å². The molecule has 2 heterocycles. The van der Waals surface area contributed by atoms with Gasteiger partial charge in [-0.1, -0.05) is 54.0 Å². The first kappa shape index (κ1) is 14.3. The number of benzene rings is 3. The molecule has 0 atom stereocenters. The predicted octanol–water partition coefficient (Wildman–Crippen LogP) is 7.01. The maximum absolute atomic E-state index is 5.98. The van der Waals surface area contributed by atoms with Crippen LogP contribution in [0.15, 0.2) is 63.5 Å². The Labute approximate surface area is 142 Å². The molecular formula is C20H16BrNO. The molecule has 0 radical (unpaired) electrons. The number of aromatic nitrogens is 1. The molecule has 3 aromatic carbocycles. The minimum absolute atomic E-state index is 0.937. The molecule has 114 valence electrons. The molecule has 0 aliphatic carbocycles. The van der Waals surface area contributed by atoms with Gasteiger partial charge in [-0.25, -0.2) is 0 Å². The van der Waals surface area contributed by atoms with Crippen molar-refractivity contribution in [2.75, 3.05) is 0 Å². The average Bonchev–Trinajstić information content (AvgIpc) is 3.11. The van der Waals surface area contributed by atoms with E-state index >= 15 is 0 Å². The lowest BCUT2D eigenvalue weighted by Crippen LogP contribution is -1.69. The molecule has 0 amide bonds. The molecule has 0 unspecified atom stereocenters. The summed E-state index contributed by atoms with van der Waals surface area (Å²) in [4.78, 5) is 3.49. The van der Waals surface area contributed by atoms with Crippen molar-refractivity contribution in [2.45, 2.75) is 13.8 Å². The Morgan fingerprint density at radius 3 is 2.39 bits per heavy atom. The zero-order valence-corrected chi connectivity index (χ0v) is 14.6. The molecule has 3 heteroatoms. The Hall–Kier alpha value is -2.26. The normalized spacial score (nSPS) is 11.3. The molecule has 1 N–H and O–H groups in total. The van der Waals surface area contributed by atoms with Crippen molar-refractivity contribution >= 4 is 59.7 Å². The van der Waals surface area contributed by atoms with Gasteiger partial charge in [-0.3, -0.25) is 0 Å². The average molecular weight is 366 g/mol. The van der Waals surface area contributed by atoms with Crippen LogP contribution in [0.5, 0.6) is 0 Å². The highest BCUT2D eigenvalue weighted by Gasteiger charge is 2.11. The van der Waals surface area contributed by atoms with E-state index in [4.69, 9.17) is 4.42 Å². The van der Waals surface area contributed by atoms with E-state index in [0.29, 0.717) is 0 Å². The molecule has 2 nitrogen and oxygen atoms in total. The molecule has 5 aromatic rings. The fourth-order valence-electron chi connectivity index (χ4n) is 3.10. The van der Waals surface area contributed by atoms with E-state index in [9.17, 15) is 0 Å². The van der Waals surface area contributed by atoms with Gasteiger partial charge >= 0.3 is 0 Å². The largest absolute Gasteiger partial charge is 0.456 e. The maximum Gasteiger partial charge on any atom is 0.136 e. The van der Waals surface area contributed by atoms with Crippen molar-refractivity contribution in [2.24, 2.45) is 0 Å². The van der Waals surface area contributed by atoms with Gasteiger partial charge in [0, 0.05) is 37.1 Å². The molecule has 0 fully saturated rings. The van der Waals surface area contributed by atoms with Gasteiger partial charge in [0.2, 0.25) is 0 Å². The quantitative estimate of drug-likeness (QED) is 0.314. The Bertz CT molecular complexity index is 1150. The third-order valence-corrected chi connectivity index (χ3v) is 4.55. The summed E-state index contributed by atoms with van der Waals surface area (Å²) in [6.07, 6.45) is 0. The number of H-pyrrole nitrogens is 1. The van der Waals surface area contributed by atoms with Crippen molar-refractivity contribution < 1.29 is 4.42 Å². The highest BCUT2D eigenvalue weighted by molar-refractivity contribution is 9.10. The summed E-state index contributed by atoms with van der Waals surface area (Å²) in [5, 5.41) is 4.73. The van der Waals surface area contributed by atoms with Crippen molar-refractivity contribution in [1.29, 1.82) is 0 Å². The Balaban J connectivity index is 0.000000652. The second kappa shape index (κ2) is 5.43. The number of nitrogens with one attached hydrogen (secondary N) is 1. The highest BCUT2D eigenvalue weighted by Crippen LogP contribution is 2.35. The molecular weight excluding hydrogens is 350 g/mol. The number of para-hydroxylation sites is 1. The first-order chi connectivity index (χ1) is 11.3. The van der Waals surface area contributed by atoms with Crippen LogP contribution >= 0.6 is 15.9 Å². The van der Waals surface area contributed by atoms with Crippen LogP contribution in [0.4, 0.5) is 0 Å². The molecule has 2 aromatic heterocycles. The topological polar surface area (TPSA) is 28.9 Å². The fourth-order valence-corrected chi connectivity index (χ4v) is 3.46. The van der Waals surface area contributed by atoms with Gasteiger partial charge in [0.15, 0.2) is 0 Å². The number of rotatable bonds is 0. The molecule has 0 spiro atoms. The van der Waals surface area contributed by atoms with Crippen LogP contribution in [0, 0.1) is 0 Å². The standard InChI is InChI=1S/C18H10BrNO.C2H6/c19-10-5-6-11-13-9-18-14(8-16(13)20-15(11)7-10)12-3-1-2-4-17(12)21-18;1-2/h1-9,20H;1-2H3. The van der Waals surface area contributed by atoms with Gasteiger partial charge in [0.25, 0.3) is 0 Å². The van der Waals surface area contributed by atoms with Gasteiger partial charge in [-0.15, -0.1) is 0 Å². The fraction of sp³-hybridized carbons (Fsp3) is 0.100. The minimum atomic E-state index is 0.937. The van der Waals surface area contributed by atoms with Crippen LogP contribution in [0.25, 0.3) is 43.7 Å². The third-order valence-electron chi connectivity index (χ3n) is 4.06. The zero-order valence-electron chi connectivity index (χ0n) is 13.0. The summed E-state index contributed by atoms with van der Waals surface area (Å²) in [6.45, 7) is 4.00. The molecule has 0 bridgehead atoms. The second-order valence-electron chi connectivity index (χ2n) is 5.31. The monoisotopic (exact) mass is 365 g/mol. The van der Waals surface area contributed by atoms with Crippen molar-refractivity contribution in [3.63, 3.8) is 0 Å². The Kier molecular flexibility index (Phi) is 3.38. The van der Waals surface area contributed by atoms with E-state index in [1.165, 1.54) is 10.8 Å². The molecule has 0 saturated heterocycles. The summed E-state index contributed by atoms with van der Waals surface area (Å²) >= 11 is 3.52. The first-order valence-electron chi connectivity index (χ1n) is 7.82. The molecule has 0 saturated carbocycles. The van der Waals surface area contributed by atoms with Crippen LogP contribution in [0.1, 0.15) is 13.8 Å². The first-order valence-corrected chi connectivity index (χ1v) is 8.61. The van der Waals surface area contributed by atoms with Gasteiger partial charge in [0.05, 0.1) is 0 Å². The number of hydrogen-bond acceptors (Lipinski definition) is 1. The van der Waals surface area contributed by atoms with Gasteiger partial charge in [-0.05, 0) is 30.3 Å². The van der Waals surface area contributed by atoms with Gasteiger partial charge < -0.3 is 9.40 Å². The van der Waals surface area contributed by atoms with Crippen LogP contribution in [0.2, 0.25) is 0 Å². The summed E-state index contributed by atoms with van der Waals surface area (Å²) in [5.74, 6) is 0. The van der Waals surface area contributed by atoms with Crippen molar-refractivity contribution in [3.8, 4) is 0 Å². The Morgan fingerprint density at radius 2 is 1.52 bits per heavy atom. The van der Waals surface area contributed by atoms with E-state index in [2.05, 4.69) is 57.3 Å². The van der Waals surface area contributed by atoms with E-state index in [1.807, 2.05) is 32.0 Å². The lowest BCUT2D eigenvalue weighted by molar-refractivity contribution is 0.669. The smallest absolute Gasteiger partial charge is 0.136 e. The lowest BCUT2D eigenvalue weighted by atomic mass is 10.1. The molecule has 23 heavy (non-hydrogen) atoms. The SMILES string of the molecule is Brc1ccc2c(c1)[nH]c1cc3c(cc12)oc1ccccc13.CC. The van der Waals surface area contributed by atoms with E-state index in [0.717, 1.165) is 37.4 Å².